The Bertz CT molecular complexity index is 556. The summed E-state index contributed by atoms with van der Waals surface area (Å²) in [6.07, 6.45) is 2.25. The van der Waals surface area contributed by atoms with E-state index in [9.17, 15) is 14.4 Å². The van der Waals surface area contributed by atoms with Gasteiger partial charge in [-0.05, 0) is 18.4 Å². The van der Waals surface area contributed by atoms with Crippen molar-refractivity contribution in [2.45, 2.75) is 25.4 Å². The number of nitrogens with one attached hydrogen (secondary N) is 3. The van der Waals surface area contributed by atoms with E-state index < -0.39 is 5.91 Å². The van der Waals surface area contributed by atoms with Gasteiger partial charge in [-0.3, -0.25) is 14.4 Å². The Balaban J connectivity index is 1.55. The van der Waals surface area contributed by atoms with Crippen LogP contribution in [0.3, 0.4) is 0 Å². The summed E-state index contributed by atoms with van der Waals surface area (Å²) in [7, 11) is 0. The fraction of sp³-hybridized carbons (Fsp3) is 0.471. The summed E-state index contributed by atoms with van der Waals surface area (Å²) < 4.78 is 5.39. The van der Waals surface area contributed by atoms with Gasteiger partial charge < -0.3 is 20.7 Å². The molecule has 1 heterocycles. The van der Waals surface area contributed by atoms with Crippen molar-refractivity contribution in [2.24, 2.45) is 0 Å². The van der Waals surface area contributed by atoms with Crippen molar-refractivity contribution in [1.82, 2.24) is 16.0 Å². The van der Waals surface area contributed by atoms with Crippen LogP contribution in [0.2, 0.25) is 0 Å². The van der Waals surface area contributed by atoms with Crippen molar-refractivity contribution in [3.63, 3.8) is 0 Å². The molecule has 130 valence electrons. The first-order valence-corrected chi connectivity index (χ1v) is 8.09. The molecule has 0 radical (unpaired) electrons. The van der Waals surface area contributed by atoms with E-state index in [1.54, 1.807) is 0 Å². The number of benzene rings is 1. The molecule has 0 unspecified atom stereocenters. The highest BCUT2D eigenvalue weighted by Gasteiger charge is 2.16. The van der Waals surface area contributed by atoms with Gasteiger partial charge >= 0.3 is 0 Å². The van der Waals surface area contributed by atoms with Crippen LogP contribution in [0.5, 0.6) is 0 Å². The van der Waals surface area contributed by atoms with Gasteiger partial charge in [-0.15, -0.1) is 0 Å². The molecule has 1 aliphatic heterocycles. The summed E-state index contributed by atoms with van der Waals surface area (Å²) in [4.78, 5) is 35.0. The molecule has 2 rings (SSSR count). The SMILES string of the molecule is O=C(CNC(=O)Cc1ccccc1)NCC(=O)NC[C@H]1CCCO1. The lowest BCUT2D eigenvalue weighted by Gasteiger charge is -2.11. The normalized spacial score (nSPS) is 16.4. The van der Waals surface area contributed by atoms with Crippen LogP contribution in [0, 0.1) is 0 Å². The largest absolute Gasteiger partial charge is 0.376 e. The maximum Gasteiger partial charge on any atom is 0.239 e. The number of hydrogen-bond acceptors (Lipinski definition) is 4. The van der Waals surface area contributed by atoms with E-state index in [1.807, 2.05) is 30.3 Å². The summed E-state index contributed by atoms with van der Waals surface area (Å²) in [5.41, 5.74) is 0.879. The monoisotopic (exact) mass is 333 g/mol. The zero-order valence-electron chi connectivity index (χ0n) is 13.5. The van der Waals surface area contributed by atoms with Gasteiger partial charge in [0.1, 0.15) is 0 Å². The third kappa shape index (κ3) is 6.78. The minimum Gasteiger partial charge on any atom is -0.376 e. The third-order valence-corrected chi connectivity index (χ3v) is 3.65. The molecule has 0 saturated carbocycles. The number of carbonyl (C=O) groups is 3. The minimum absolute atomic E-state index is 0.0712. The van der Waals surface area contributed by atoms with Gasteiger partial charge in [0.2, 0.25) is 17.7 Å². The van der Waals surface area contributed by atoms with E-state index >= 15 is 0 Å². The molecule has 1 atom stereocenters. The van der Waals surface area contributed by atoms with E-state index in [4.69, 9.17) is 4.74 Å². The van der Waals surface area contributed by atoms with Crippen molar-refractivity contribution < 1.29 is 19.1 Å². The Morgan fingerprint density at radius 1 is 0.958 bits per heavy atom. The fourth-order valence-corrected chi connectivity index (χ4v) is 2.36. The van der Waals surface area contributed by atoms with E-state index in [1.165, 1.54) is 0 Å². The highest BCUT2D eigenvalue weighted by molar-refractivity contribution is 5.88. The Morgan fingerprint density at radius 3 is 2.29 bits per heavy atom. The molecule has 3 amide bonds. The maximum atomic E-state index is 11.7. The van der Waals surface area contributed by atoms with Crippen molar-refractivity contribution in [2.75, 3.05) is 26.2 Å². The highest BCUT2D eigenvalue weighted by Crippen LogP contribution is 2.10. The van der Waals surface area contributed by atoms with Gasteiger partial charge in [0.15, 0.2) is 0 Å². The Labute approximate surface area is 141 Å². The third-order valence-electron chi connectivity index (χ3n) is 3.65. The highest BCUT2D eigenvalue weighted by atomic mass is 16.5. The second kappa shape index (κ2) is 9.67. The van der Waals surface area contributed by atoms with Crippen LogP contribution in [-0.4, -0.2) is 50.1 Å². The minimum atomic E-state index is -0.399. The van der Waals surface area contributed by atoms with Crippen LogP contribution in [-0.2, 0) is 25.5 Å². The molecule has 0 aliphatic carbocycles. The summed E-state index contributed by atoms with van der Waals surface area (Å²) >= 11 is 0. The fourth-order valence-electron chi connectivity index (χ4n) is 2.36. The van der Waals surface area contributed by atoms with E-state index in [0.29, 0.717) is 6.54 Å². The van der Waals surface area contributed by atoms with Gasteiger partial charge in [0, 0.05) is 13.2 Å². The van der Waals surface area contributed by atoms with Crippen LogP contribution in [0.1, 0.15) is 18.4 Å². The van der Waals surface area contributed by atoms with Gasteiger partial charge in [0.05, 0.1) is 25.6 Å². The maximum absolute atomic E-state index is 11.7. The summed E-state index contributed by atoms with van der Waals surface area (Å²) in [6.45, 7) is 0.938. The molecule has 0 aromatic heterocycles. The van der Waals surface area contributed by atoms with Crippen molar-refractivity contribution in [3.05, 3.63) is 35.9 Å². The van der Waals surface area contributed by atoms with E-state index in [-0.39, 0.29) is 37.4 Å². The number of rotatable bonds is 8. The second-order valence-electron chi connectivity index (χ2n) is 5.65. The summed E-state index contributed by atoms with van der Waals surface area (Å²) in [5, 5.41) is 7.71. The quantitative estimate of drug-likeness (QED) is 0.611. The lowest BCUT2D eigenvalue weighted by molar-refractivity contribution is -0.127. The molecule has 24 heavy (non-hydrogen) atoms. The molecule has 1 aliphatic rings. The zero-order chi connectivity index (χ0) is 17.2. The lowest BCUT2D eigenvalue weighted by Crippen LogP contribution is -2.43. The van der Waals surface area contributed by atoms with Crippen molar-refractivity contribution in [1.29, 1.82) is 0 Å². The predicted molar refractivity (Wildman–Crippen MR) is 88.1 cm³/mol. The van der Waals surface area contributed by atoms with Crippen molar-refractivity contribution >= 4 is 17.7 Å². The van der Waals surface area contributed by atoms with E-state index in [2.05, 4.69) is 16.0 Å². The Morgan fingerprint density at radius 2 is 1.62 bits per heavy atom. The number of hydrogen-bond donors (Lipinski definition) is 3. The van der Waals surface area contributed by atoms with E-state index in [0.717, 1.165) is 25.0 Å². The molecule has 0 spiro atoms. The Hall–Kier alpha value is -2.41. The predicted octanol–water partition coefficient (Wildman–Crippen LogP) is -0.243. The van der Waals surface area contributed by atoms with Gasteiger partial charge in [-0.25, -0.2) is 0 Å². The van der Waals surface area contributed by atoms with Gasteiger partial charge in [0.25, 0.3) is 0 Å². The second-order valence-corrected chi connectivity index (χ2v) is 5.65. The van der Waals surface area contributed by atoms with Crippen LogP contribution in [0.4, 0.5) is 0 Å². The molecule has 1 fully saturated rings. The molecule has 7 nitrogen and oxygen atoms in total. The summed E-state index contributed by atoms with van der Waals surface area (Å²) in [6, 6.07) is 9.27. The number of ether oxygens (including phenoxy) is 1. The molecular weight excluding hydrogens is 310 g/mol. The van der Waals surface area contributed by atoms with Crippen LogP contribution in [0.25, 0.3) is 0 Å². The molecule has 0 bridgehead atoms. The Kier molecular flexibility index (Phi) is 7.22. The molecule has 1 aromatic carbocycles. The molecule has 7 heteroatoms. The first kappa shape index (κ1) is 17.9. The lowest BCUT2D eigenvalue weighted by atomic mass is 10.1. The summed E-state index contributed by atoms with van der Waals surface area (Å²) in [5.74, 6) is -0.905. The van der Waals surface area contributed by atoms with Gasteiger partial charge in [-0.1, -0.05) is 30.3 Å². The van der Waals surface area contributed by atoms with Crippen LogP contribution < -0.4 is 16.0 Å². The molecular formula is C17H23N3O4. The zero-order valence-corrected chi connectivity index (χ0v) is 13.5. The van der Waals surface area contributed by atoms with Gasteiger partial charge in [-0.2, -0.15) is 0 Å². The van der Waals surface area contributed by atoms with Crippen molar-refractivity contribution in [3.8, 4) is 0 Å². The average molecular weight is 333 g/mol. The first-order chi connectivity index (χ1) is 11.6. The smallest absolute Gasteiger partial charge is 0.239 e. The topological polar surface area (TPSA) is 96.5 Å². The molecule has 1 aromatic rings. The van der Waals surface area contributed by atoms with Crippen LogP contribution in [0.15, 0.2) is 30.3 Å². The molecule has 3 N–H and O–H groups in total. The average Bonchev–Trinajstić information content (AvgIpc) is 3.10. The molecule has 1 saturated heterocycles. The first-order valence-electron chi connectivity index (χ1n) is 8.09. The number of amides is 3. The standard InChI is InChI=1S/C17H23N3O4/c21-15(9-13-5-2-1-3-6-13)19-11-17(23)20-12-16(22)18-10-14-7-4-8-24-14/h1-3,5-6,14H,4,7-12H2,(H,18,22)(H,19,21)(H,20,23)/t14-/m1/s1. The number of carbonyl (C=O) groups excluding carboxylic acids is 3. The van der Waals surface area contributed by atoms with Crippen LogP contribution >= 0.6 is 0 Å².